The van der Waals surface area contributed by atoms with E-state index in [9.17, 15) is 17.2 Å². The number of hydrogen-bond donors (Lipinski definition) is 0. The minimum absolute atomic E-state index is 0.159. The van der Waals surface area contributed by atoms with Gasteiger partial charge in [-0.2, -0.15) is 8.42 Å². The first kappa shape index (κ1) is 11.5. The van der Waals surface area contributed by atoms with Crippen molar-refractivity contribution in [3.8, 4) is 0 Å². The van der Waals surface area contributed by atoms with Crippen molar-refractivity contribution < 1.29 is 21.4 Å². The Labute approximate surface area is 92.2 Å². The lowest BCUT2D eigenvalue weighted by Gasteiger charge is -2.11. The second-order valence-corrected chi connectivity index (χ2v) is 5.39. The Morgan fingerprint density at radius 3 is 2.69 bits per heavy atom. The molecule has 1 aliphatic carbocycles. The van der Waals surface area contributed by atoms with Crippen LogP contribution < -0.4 is 0 Å². The van der Waals surface area contributed by atoms with Crippen LogP contribution in [0.1, 0.15) is 23.7 Å². The fraction of sp³-hybridized carbons (Fsp3) is 0.400. The van der Waals surface area contributed by atoms with Crippen LogP contribution in [0.4, 0.5) is 8.78 Å². The van der Waals surface area contributed by atoms with Crippen molar-refractivity contribution in [1.29, 1.82) is 0 Å². The van der Waals surface area contributed by atoms with Gasteiger partial charge in [-0.1, -0.05) is 0 Å². The van der Waals surface area contributed by atoms with Crippen LogP contribution in [0, 0.1) is 11.6 Å². The third-order valence-electron chi connectivity index (χ3n) is 2.47. The zero-order valence-electron chi connectivity index (χ0n) is 8.54. The van der Waals surface area contributed by atoms with Gasteiger partial charge in [-0.25, -0.2) is 8.78 Å². The number of hydrogen-bond acceptors (Lipinski definition) is 3. The van der Waals surface area contributed by atoms with Gasteiger partial charge in [-0.3, -0.25) is 4.18 Å². The van der Waals surface area contributed by atoms with Gasteiger partial charge in [0.2, 0.25) is 0 Å². The van der Waals surface area contributed by atoms with Gasteiger partial charge in [-0.05, 0) is 24.5 Å². The topological polar surface area (TPSA) is 43.4 Å². The lowest BCUT2D eigenvalue weighted by molar-refractivity contribution is 0.213. The fourth-order valence-electron chi connectivity index (χ4n) is 1.94. The van der Waals surface area contributed by atoms with Gasteiger partial charge in [0.25, 0.3) is 10.1 Å². The van der Waals surface area contributed by atoms with Crippen molar-refractivity contribution in [2.75, 3.05) is 6.26 Å². The number of halogens is 2. The molecule has 0 amide bonds. The van der Waals surface area contributed by atoms with Crippen molar-refractivity contribution in [3.05, 3.63) is 34.9 Å². The number of aryl methyl sites for hydroxylation is 1. The highest BCUT2D eigenvalue weighted by molar-refractivity contribution is 7.86. The number of benzene rings is 1. The minimum atomic E-state index is -3.64. The molecule has 0 saturated heterocycles. The van der Waals surface area contributed by atoms with Gasteiger partial charge < -0.3 is 0 Å². The van der Waals surface area contributed by atoms with Crippen LogP contribution in [0.15, 0.2) is 12.1 Å². The standard InChI is InChI=1S/C10H10F2O3S/c1-16(13,14)15-9-3-2-6-4-7(11)5-8(12)10(6)9/h4-5,9H,2-3H2,1H3. The summed E-state index contributed by atoms with van der Waals surface area (Å²) >= 11 is 0. The molecule has 88 valence electrons. The Bertz CT molecular complexity index is 525. The first-order valence-corrected chi connectivity index (χ1v) is 6.54. The SMILES string of the molecule is CS(=O)(=O)OC1CCc2cc(F)cc(F)c21. The van der Waals surface area contributed by atoms with E-state index >= 15 is 0 Å². The van der Waals surface area contributed by atoms with Crippen LogP contribution in [0.25, 0.3) is 0 Å². The summed E-state index contributed by atoms with van der Waals surface area (Å²) in [5.74, 6) is -1.41. The first-order valence-electron chi connectivity index (χ1n) is 4.73. The molecule has 16 heavy (non-hydrogen) atoms. The predicted molar refractivity (Wildman–Crippen MR) is 53.3 cm³/mol. The summed E-state index contributed by atoms with van der Waals surface area (Å²) in [5, 5.41) is 0. The van der Waals surface area contributed by atoms with E-state index in [1.807, 2.05) is 0 Å². The maximum Gasteiger partial charge on any atom is 0.264 e. The van der Waals surface area contributed by atoms with Crippen molar-refractivity contribution in [1.82, 2.24) is 0 Å². The molecular weight excluding hydrogens is 238 g/mol. The maximum absolute atomic E-state index is 13.5. The third-order valence-corrected chi connectivity index (χ3v) is 3.05. The summed E-state index contributed by atoms with van der Waals surface area (Å²) in [6, 6.07) is 1.95. The van der Waals surface area contributed by atoms with E-state index < -0.39 is 27.9 Å². The average Bonchev–Trinajstić information content (AvgIpc) is 2.44. The first-order chi connectivity index (χ1) is 7.37. The van der Waals surface area contributed by atoms with E-state index in [4.69, 9.17) is 4.18 Å². The Balaban J connectivity index is 2.40. The van der Waals surface area contributed by atoms with Gasteiger partial charge in [0.15, 0.2) is 0 Å². The second kappa shape index (κ2) is 3.78. The van der Waals surface area contributed by atoms with Crippen LogP contribution in [0.3, 0.4) is 0 Å². The van der Waals surface area contributed by atoms with E-state index in [0.29, 0.717) is 18.4 Å². The highest BCUT2D eigenvalue weighted by atomic mass is 32.2. The molecular formula is C10H10F2O3S. The molecule has 0 N–H and O–H groups in total. The Morgan fingerprint density at radius 1 is 1.38 bits per heavy atom. The normalized spacial score (nSPS) is 19.8. The molecule has 1 aromatic rings. The van der Waals surface area contributed by atoms with E-state index in [1.165, 1.54) is 6.07 Å². The molecule has 2 rings (SSSR count). The molecule has 0 aromatic heterocycles. The van der Waals surface area contributed by atoms with Crippen molar-refractivity contribution in [2.24, 2.45) is 0 Å². The number of rotatable bonds is 2. The quantitative estimate of drug-likeness (QED) is 0.751. The Morgan fingerprint density at radius 2 is 2.06 bits per heavy atom. The number of fused-ring (bicyclic) bond motifs is 1. The van der Waals surface area contributed by atoms with Crippen LogP contribution >= 0.6 is 0 Å². The van der Waals surface area contributed by atoms with Gasteiger partial charge in [-0.15, -0.1) is 0 Å². The molecule has 1 atom stereocenters. The van der Waals surface area contributed by atoms with Gasteiger partial charge in [0.1, 0.15) is 17.7 Å². The predicted octanol–water partition coefficient (Wildman–Crippen LogP) is 1.93. The molecule has 0 saturated carbocycles. The molecule has 0 spiro atoms. The maximum atomic E-state index is 13.5. The summed E-state index contributed by atoms with van der Waals surface area (Å²) < 4.78 is 53.0. The summed E-state index contributed by atoms with van der Waals surface area (Å²) in [6.07, 6.45) is 0.852. The summed E-state index contributed by atoms with van der Waals surface area (Å²) in [4.78, 5) is 0. The molecule has 6 heteroatoms. The van der Waals surface area contributed by atoms with Gasteiger partial charge in [0, 0.05) is 11.6 Å². The fourth-order valence-corrected chi connectivity index (χ4v) is 2.56. The minimum Gasteiger partial charge on any atom is -0.262 e. The molecule has 0 heterocycles. The monoisotopic (exact) mass is 248 g/mol. The molecule has 0 fully saturated rings. The lowest BCUT2D eigenvalue weighted by atomic mass is 10.1. The molecule has 0 bridgehead atoms. The van der Waals surface area contributed by atoms with Crippen molar-refractivity contribution in [3.63, 3.8) is 0 Å². The van der Waals surface area contributed by atoms with E-state index in [2.05, 4.69) is 0 Å². The smallest absolute Gasteiger partial charge is 0.262 e. The Kier molecular flexibility index (Phi) is 2.71. The summed E-state index contributed by atoms with van der Waals surface area (Å²) in [7, 11) is -3.64. The zero-order valence-corrected chi connectivity index (χ0v) is 9.35. The van der Waals surface area contributed by atoms with Crippen LogP contribution in [0.5, 0.6) is 0 Å². The average molecular weight is 248 g/mol. The molecule has 1 aliphatic rings. The largest absolute Gasteiger partial charge is 0.264 e. The molecule has 3 nitrogen and oxygen atoms in total. The van der Waals surface area contributed by atoms with Crippen LogP contribution in [-0.2, 0) is 20.7 Å². The summed E-state index contributed by atoms with van der Waals surface area (Å²) in [5.41, 5.74) is 0.637. The van der Waals surface area contributed by atoms with E-state index in [1.54, 1.807) is 0 Å². The zero-order chi connectivity index (χ0) is 11.9. The Hall–Kier alpha value is -1.01. The third kappa shape index (κ3) is 2.22. The molecule has 1 aromatic carbocycles. The van der Waals surface area contributed by atoms with Crippen LogP contribution in [-0.4, -0.2) is 14.7 Å². The molecule has 1 unspecified atom stereocenters. The highest BCUT2D eigenvalue weighted by Crippen LogP contribution is 2.37. The van der Waals surface area contributed by atoms with Crippen molar-refractivity contribution >= 4 is 10.1 Å². The lowest BCUT2D eigenvalue weighted by Crippen LogP contribution is -2.09. The van der Waals surface area contributed by atoms with E-state index in [0.717, 1.165) is 12.3 Å². The molecule has 0 radical (unpaired) electrons. The van der Waals surface area contributed by atoms with Crippen molar-refractivity contribution in [2.45, 2.75) is 18.9 Å². The van der Waals surface area contributed by atoms with Crippen LogP contribution in [0.2, 0.25) is 0 Å². The van der Waals surface area contributed by atoms with Gasteiger partial charge >= 0.3 is 0 Å². The van der Waals surface area contributed by atoms with E-state index in [-0.39, 0.29) is 5.56 Å². The second-order valence-electron chi connectivity index (χ2n) is 3.79. The highest BCUT2D eigenvalue weighted by Gasteiger charge is 2.30. The summed E-state index contributed by atoms with van der Waals surface area (Å²) in [6.45, 7) is 0. The molecule has 0 aliphatic heterocycles. The van der Waals surface area contributed by atoms with Gasteiger partial charge in [0.05, 0.1) is 6.26 Å².